The van der Waals surface area contributed by atoms with Crippen molar-refractivity contribution in [2.75, 3.05) is 12.4 Å². The number of hydrogen-bond acceptors (Lipinski definition) is 5. The lowest BCUT2D eigenvalue weighted by molar-refractivity contribution is 0.104. The van der Waals surface area contributed by atoms with Crippen molar-refractivity contribution >= 4 is 23.4 Å². The van der Waals surface area contributed by atoms with Crippen LogP contribution >= 0.6 is 0 Å². The van der Waals surface area contributed by atoms with Crippen molar-refractivity contribution in [3.8, 4) is 5.75 Å². The van der Waals surface area contributed by atoms with Gasteiger partial charge in [-0.15, -0.1) is 0 Å². The molecular formula is C22H20N2O3. The number of ketones is 1. The van der Waals surface area contributed by atoms with E-state index in [1.54, 1.807) is 43.6 Å². The zero-order valence-corrected chi connectivity index (χ0v) is 14.9. The summed E-state index contributed by atoms with van der Waals surface area (Å²) >= 11 is 0. The first kappa shape index (κ1) is 18.4. The molecule has 0 atom stereocenters. The molecule has 0 saturated heterocycles. The van der Waals surface area contributed by atoms with Gasteiger partial charge in [0.25, 0.3) is 0 Å². The number of nitrogens with one attached hydrogen (secondary N) is 1. The Bertz CT molecular complexity index is 933. The molecule has 3 rings (SSSR count). The molecule has 0 spiro atoms. The minimum absolute atomic E-state index is 0.00528. The summed E-state index contributed by atoms with van der Waals surface area (Å²) in [4.78, 5) is 16.7. The van der Waals surface area contributed by atoms with E-state index in [0.29, 0.717) is 17.1 Å². The molecule has 0 aliphatic heterocycles. The monoisotopic (exact) mass is 360 g/mol. The van der Waals surface area contributed by atoms with Crippen LogP contribution in [0.1, 0.15) is 21.5 Å². The largest absolute Gasteiger partial charge is 0.497 e. The summed E-state index contributed by atoms with van der Waals surface area (Å²) in [5.41, 5.74) is 3.07. The number of aromatic nitrogens is 1. The Balaban J connectivity index is 1.76. The molecule has 5 heteroatoms. The van der Waals surface area contributed by atoms with E-state index in [4.69, 9.17) is 9.84 Å². The van der Waals surface area contributed by atoms with Gasteiger partial charge in [-0.1, -0.05) is 12.1 Å². The minimum Gasteiger partial charge on any atom is -0.497 e. The number of allylic oxidation sites excluding steroid dienone is 1. The smallest absolute Gasteiger partial charge is 0.185 e. The summed E-state index contributed by atoms with van der Waals surface area (Å²) < 4.78 is 5.11. The molecule has 2 N–H and O–H groups in total. The Kier molecular flexibility index (Phi) is 5.97. The lowest BCUT2D eigenvalue weighted by Gasteiger charge is -2.09. The van der Waals surface area contributed by atoms with Crippen molar-refractivity contribution < 1.29 is 14.6 Å². The Morgan fingerprint density at radius 2 is 1.85 bits per heavy atom. The van der Waals surface area contributed by atoms with Crippen LogP contribution in [0, 0.1) is 0 Å². The number of hydrogen-bond donors (Lipinski definition) is 2. The van der Waals surface area contributed by atoms with E-state index in [0.717, 1.165) is 16.8 Å². The van der Waals surface area contributed by atoms with E-state index < -0.39 is 0 Å². The van der Waals surface area contributed by atoms with E-state index in [9.17, 15) is 4.79 Å². The van der Waals surface area contributed by atoms with Gasteiger partial charge in [-0.2, -0.15) is 0 Å². The molecule has 0 unspecified atom stereocenters. The lowest BCUT2D eigenvalue weighted by Crippen LogP contribution is -1.97. The predicted octanol–water partition coefficient (Wildman–Crippen LogP) is 4.22. The van der Waals surface area contributed by atoms with Crippen LogP contribution < -0.4 is 10.1 Å². The van der Waals surface area contributed by atoms with E-state index in [1.807, 2.05) is 36.4 Å². The molecule has 3 aromatic rings. The number of nitrogens with zero attached hydrogens (tertiary/aromatic N) is 1. The Hall–Kier alpha value is -3.44. The van der Waals surface area contributed by atoms with Gasteiger partial charge in [0.1, 0.15) is 11.6 Å². The van der Waals surface area contributed by atoms with E-state index in [1.165, 1.54) is 6.08 Å². The fourth-order valence-corrected chi connectivity index (χ4v) is 2.50. The molecule has 0 saturated carbocycles. The maximum Gasteiger partial charge on any atom is 0.185 e. The quantitative estimate of drug-likeness (QED) is 0.487. The number of aliphatic hydroxyl groups is 1. The predicted molar refractivity (Wildman–Crippen MR) is 106 cm³/mol. The molecule has 5 nitrogen and oxygen atoms in total. The second-order valence-corrected chi connectivity index (χ2v) is 5.85. The highest BCUT2D eigenvalue weighted by Crippen LogP contribution is 2.20. The Morgan fingerprint density at radius 1 is 1.11 bits per heavy atom. The Morgan fingerprint density at radius 3 is 2.52 bits per heavy atom. The lowest BCUT2D eigenvalue weighted by atomic mass is 10.1. The summed E-state index contributed by atoms with van der Waals surface area (Å²) in [6.45, 7) is 0.00528. The molecule has 0 aliphatic carbocycles. The minimum atomic E-state index is -0.0974. The van der Waals surface area contributed by atoms with E-state index >= 15 is 0 Å². The number of methoxy groups -OCH3 is 1. The zero-order chi connectivity index (χ0) is 19.1. The molecule has 0 amide bonds. The summed E-state index contributed by atoms with van der Waals surface area (Å²) in [5, 5.41) is 12.4. The SMILES string of the molecule is COc1ccc(C(=O)/C=C/c2cccnc2Nc2ccc(CO)cc2)cc1. The van der Waals surface area contributed by atoms with Crippen LogP contribution in [-0.2, 0) is 6.61 Å². The van der Waals surface area contributed by atoms with Gasteiger partial charge in [0.15, 0.2) is 5.78 Å². The first-order valence-electron chi connectivity index (χ1n) is 8.48. The molecule has 0 aliphatic rings. The van der Waals surface area contributed by atoms with Crippen LogP contribution in [0.15, 0.2) is 72.9 Å². The summed E-state index contributed by atoms with van der Waals surface area (Å²) in [7, 11) is 1.59. The average Bonchev–Trinajstić information content (AvgIpc) is 2.73. The van der Waals surface area contributed by atoms with Gasteiger partial charge >= 0.3 is 0 Å². The number of carbonyl (C=O) groups excluding carboxylic acids is 1. The van der Waals surface area contributed by atoms with Crippen molar-refractivity contribution in [3.63, 3.8) is 0 Å². The van der Waals surface area contributed by atoms with E-state index in [2.05, 4.69) is 10.3 Å². The van der Waals surface area contributed by atoms with E-state index in [-0.39, 0.29) is 12.4 Å². The highest BCUT2D eigenvalue weighted by Gasteiger charge is 2.05. The maximum atomic E-state index is 12.4. The molecule has 27 heavy (non-hydrogen) atoms. The Labute approximate surface area is 158 Å². The zero-order valence-electron chi connectivity index (χ0n) is 14.9. The van der Waals surface area contributed by atoms with Crippen LogP contribution in [0.2, 0.25) is 0 Å². The number of ether oxygens (including phenoxy) is 1. The van der Waals surface area contributed by atoms with Gasteiger partial charge in [-0.05, 0) is 66.2 Å². The fraction of sp³-hybridized carbons (Fsp3) is 0.0909. The topological polar surface area (TPSA) is 71.5 Å². The van der Waals surface area contributed by atoms with Gasteiger partial charge in [-0.25, -0.2) is 4.98 Å². The normalized spacial score (nSPS) is 10.7. The van der Waals surface area contributed by atoms with Crippen LogP contribution in [0.3, 0.4) is 0 Å². The number of anilines is 2. The molecule has 0 fully saturated rings. The molecule has 2 aromatic carbocycles. The molecule has 0 radical (unpaired) electrons. The van der Waals surface area contributed by atoms with Crippen LogP contribution in [0.4, 0.5) is 11.5 Å². The highest BCUT2D eigenvalue weighted by atomic mass is 16.5. The van der Waals surface area contributed by atoms with Crippen molar-refractivity contribution in [3.05, 3.63) is 89.6 Å². The van der Waals surface area contributed by atoms with Crippen molar-refractivity contribution in [2.45, 2.75) is 6.61 Å². The first-order chi connectivity index (χ1) is 13.2. The molecule has 0 bridgehead atoms. The third-order valence-electron chi connectivity index (χ3n) is 4.03. The second kappa shape index (κ2) is 8.78. The van der Waals surface area contributed by atoms with Gasteiger partial charge in [0.05, 0.1) is 13.7 Å². The number of aliphatic hydroxyl groups excluding tert-OH is 1. The third kappa shape index (κ3) is 4.80. The van der Waals surface area contributed by atoms with Crippen molar-refractivity contribution in [1.82, 2.24) is 4.98 Å². The third-order valence-corrected chi connectivity index (χ3v) is 4.03. The van der Waals surface area contributed by atoms with Gasteiger partial charge < -0.3 is 15.2 Å². The number of rotatable bonds is 7. The first-order valence-corrected chi connectivity index (χ1v) is 8.48. The number of benzene rings is 2. The molecule has 136 valence electrons. The van der Waals surface area contributed by atoms with Crippen molar-refractivity contribution in [2.24, 2.45) is 0 Å². The van der Waals surface area contributed by atoms with Gasteiger partial charge in [-0.3, -0.25) is 4.79 Å². The molecular weight excluding hydrogens is 340 g/mol. The summed E-state index contributed by atoms with van der Waals surface area (Å²) in [6, 6.07) is 18.1. The van der Waals surface area contributed by atoms with Gasteiger partial charge in [0, 0.05) is 23.0 Å². The molecule has 1 aromatic heterocycles. The number of carbonyl (C=O) groups is 1. The van der Waals surface area contributed by atoms with Crippen LogP contribution in [-0.4, -0.2) is 23.0 Å². The summed E-state index contributed by atoms with van der Waals surface area (Å²) in [5.74, 6) is 1.26. The highest BCUT2D eigenvalue weighted by molar-refractivity contribution is 6.07. The average molecular weight is 360 g/mol. The number of pyridine rings is 1. The second-order valence-electron chi connectivity index (χ2n) is 5.85. The maximum absolute atomic E-state index is 12.4. The summed E-state index contributed by atoms with van der Waals surface area (Å²) in [6.07, 6.45) is 4.95. The van der Waals surface area contributed by atoms with Gasteiger partial charge in [0.2, 0.25) is 0 Å². The standard InChI is InChI=1S/C22H20N2O3/c1-27-20-11-6-17(7-12-20)21(26)13-8-18-3-2-14-23-22(18)24-19-9-4-16(15-25)5-10-19/h2-14,25H,15H2,1H3,(H,23,24)/b13-8+. The van der Waals surface area contributed by atoms with Crippen molar-refractivity contribution in [1.29, 1.82) is 0 Å². The van der Waals surface area contributed by atoms with Crippen LogP contribution in [0.25, 0.3) is 6.08 Å². The fourth-order valence-electron chi connectivity index (χ4n) is 2.50. The van der Waals surface area contributed by atoms with Crippen LogP contribution in [0.5, 0.6) is 5.75 Å². The molecule has 1 heterocycles.